The second kappa shape index (κ2) is 4.50. The molecule has 1 aliphatic rings. The van der Waals surface area contributed by atoms with E-state index < -0.39 is 0 Å². The van der Waals surface area contributed by atoms with Gasteiger partial charge in [-0.25, -0.2) is 0 Å². The molecule has 0 spiro atoms. The highest BCUT2D eigenvalue weighted by Gasteiger charge is 2.19. The lowest BCUT2D eigenvalue weighted by Crippen LogP contribution is -2.19. The summed E-state index contributed by atoms with van der Waals surface area (Å²) in [5.74, 6) is 0. The average Bonchev–Trinajstić information content (AvgIpc) is 2.72. The monoisotopic (exact) mass is 194 g/mol. The van der Waals surface area contributed by atoms with Crippen LogP contribution in [0.5, 0.6) is 0 Å². The summed E-state index contributed by atoms with van der Waals surface area (Å²) in [7, 11) is 0. The topological polar surface area (TPSA) is 57.4 Å². The van der Waals surface area contributed by atoms with Gasteiger partial charge in [0.2, 0.25) is 0 Å². The molecule has 1 unspecified atom stereocenters. The molecule has 1 aromatic rings. The Morgan fingerprint density at radius 2 is 2.00 bits per heavy atom. The fraction of sp³-hybridized carbons (Fsp3) is 0.500. The van der Waals surface area contributed by atoms with Gasteiger partial charge in [-0.3, -0.25) is 4.98 Å². The van der Waals surface area contributed by atoms with E-state index in [-0.39, 0.29) is 12.3 Å². The summed E-state index contributed by atoms with van der Waals surface area (Å²) in [6.45, 7) is 1.35. The first-order valence-electron chi connectivity index (χ1n) is 4.75. The van der Waals surface area contributed by atoms with Crippen molar-refractivity contribution in [3.05, 3.63) is 30.1 Å². The van der Waals surface area contributed by atoms with Gasteiger partial charge in [0.05, 0.1) is 13.2 Å². The first-order valence-corrected chi connectivity index (χ1v) is 4.75. The van der Waals surface area contributed by atoms with Gasteiger partial charge < -0.3 is 15.2 Å². The highest BCUT2D eigenvalue weighted by atomic mass is 16.7. The Morgan fingerprint density at radius 3 is 2.64 bits per heavy atom. The molecule has 2 rings (SSSR count). The van der Waals surface area contributed by atoms with Crippen molar-refractivity contribution >= 4 is 0 Å². The fourth-order valence-corrected chi connectivity index (χ4v) is 1.50. The van der Waals surface area contributed by atoms with Gasteiger partial charge in [0.1, 0.15) is 0 Å². The van der Waals surface area contributed by atoms with E-state index in [1.807, 2.05) is 12.1 Å². The van der Waals surface area contributed by atoms with Gasteiger partial charge in [-0.2, -0.15) is 0 Å². The quantitative estimate of drug-likeness (QED) is 0.774. The molecule has 0 aliphatic carbocycles. The van der Waals surface area contributed by atoms with Crippen LogP contribution in [0.25, 0.3) is 0 Å². The molecular formula is C10H14N2O2. The van der Waals surface area contributed by atoms with E-state index in [0.29, 0.717) is 19.6 Å². The molecule has 0 aromatic carbocycles. The number of rotatable bonds is 3. The summed E-state index contributed by atoms with van der Waals surface area (Å²) in [6.07, 6.45) is 4.04. The third-order valence-corrected chi connectivity index (χ3v) is 2.27. The van der Waals surface area contributed by atoms with Crippen molar-refractivity contribution < 1.29 is 9.47 Å². The van der Waals surface area contributed by atoms with Crippen LogP contribution >= 0.6 is 0 Å². The molecule has 1 saturated heterocycles. The van der Waals surface area contributed by atoms with Crippen LogP contribution in [0.1, 0.15) is 18.0 Å². The lowest BCUT2D eigenvalue weighted by molar-refractivity contribution is -0.0507. The molecular weight excluding hydrogens is 180 g/mol. The van der Waals surface area contributed by atoms with Crippen molar-refractivity contribution in [3.63, 3.8) is 0 Å². The van der Waals surface area contributed by atoms with Gasteiger partial charge in [0.25, 0.3) is 0 Å². The van der Waals surface area contributed by atoms with E-state index >= 15 is 0 Å². The number of pyridine rings is 1. The van der Waals surface area contributed by atoms with E-state index in [9.17, 15) is 0 Å². The Kier molecular flexibility index (Phi) is 3.08. The first-order chi connectivity index (χ1) is 6.86. The number of ether oxygens (including phenoxy) is 2. The van der Waals surface area contributed by atoms with Crippen LogP contribution in [0, 0.1) is 0 Å². The molecule has 0 bridgehead atoms. The van der Waals surface area contributed by atoms with Crippen LogP contribution < -0.4 is 5.73 Å². The smallest absolute Gasteiger partial charge is 0.159 e. The molecule has 1 atom stereocenters. The molecule has 0 saturated carbocycles. The summed E-state index contributed by atoms with van der Waals surface area (Å²) in [6, 6.07) is 3.79. The molecule has 0 amide bonds. The zero-order valence-electron chi connectivity index (χ0n) is 7.93. The summed E-state index contributed by atoms with van der Waals surface area (Å²) in [5, 5.41) is 0. The maximum absolute atomic E-state index is 5.99. The van der Waals surface area contributed by atoms with Crippen LogP contribution in [-0.2, 0) is 9.47 Å². The van der Waals surface area contributed by atoms with Gasteiger partial charge in [-0.15, -0.1) is 0 Å². The molecule has 14 heavy (non-hydrogen) atoms. The van der Waals surface area contributed by atoms with E-state index in [1.165, 1.54) is 0 Å². The minimum absolute atomic E-state index is 0.0406. The van der Waals surface area contributed by atoms with E-state index in [2.05, 4.69) is 4.98 Å². The second-order valence-corrected chi connectivity index (χ2v) is 3.29. The first kappa shape index (κ1) is 9.58. The molecule has 0 radical (unpaired) electrons. The minimum atomic E-state index is -0.141. The fourth-order valence-electron chi connectivity index (χ4n) is 1.50. The number of nitrogens with two attached hydrogens (primary N) is 1. The van der Waals surface area contributed by atoms with Crippen LogP contribution in [0.3, 0.4) is 0 Å². The molecule has 1 fully saturated rings. The van der Waals surface area contributed by atoms with E-state index in [1.54, 1.807) is 12.4 Å². The van der Waals surface area contributed by atoms with Gasteiger partial charge in [0.15, 0.2) is 6.29 Å². The highest BCUT2D eigenvalue weighted by molar-refractivity contribution is 5.14. The van der Waals surface area contributed by atoms with Crippen molar-refractivity contribution in [2.75, 3.05) is 13.2 Å². The van der Waals surface area contributed by atoms with Gasteiger partial charge >= 0.3 is 0 Å². The largest absolute Gasteiger partial charge is 0.350 e. The van der Waals surface area contributed by atoms with Crippen molar-refractivity contribution in [1.82, 2.24) is 4.98 Å². The molecule has 76 valence electrons. The predicted molar refractivity (Wildman–Crippen MR) is 51.5 cm³/mol. The summed E-state index contributed by atoms with van der Waals surface area (Å²) in [5.41, 5.74) is 7.06. The number of aromatic nitrogens is 1. The van der Waals surface area contributed by atoms with Crippen molar-refractivity contribution in [2.24, 2.45) is 5.73 Å². The zero-order chi connectivity index (χ0) is 9.80. The van der Waals surface area contributed by atoms with Crippen LogP contribution in [0.4, 0.5) is 0 Å². The van der Waals surface area contributed by atoms with Gasteiger partial charge in [-0.05, 0) is 17.7 Å². The standard InChI is InChI=1S/C10H14N2O2/c11-9(7-10-13-5-6-14-10)8-1-3-12-4-2-8/h1-4,9-10H,5-7,11H2. The molecule has 2 heterocycles. The molecule has 1 aliphatic heterocycles. The van der Waals surface area contributed by atoms with Crippen molar-refractivity contribution in [2.45, 2.75) is 18.8 Å². The second-order valence-electron chi connectivity index (χ2n) is 3.29. The van der Waals surface area contributed by atoms with Crippen LogP contribution in [0.15, 0.2) is 24.5 Å². The SMILES string of the molecule is NC(CC1OCCO1)c1ccncc1. The van der Waals surface area contributed by atoms with Gasteiger partial charge in [-0.1, -0.05) is 0 Å². The van der Waals surface area contributed by atoms with E-state index in [4.69, 9.17) is 15.2 Å². The third kappa shape index (κ3) is 2.29. The number of nitrogens with zero attached hydrogens (tertiary/aromatic N) is 1. The maximum atomic E-state index is 5.99. The highest BCUT2D eigenvalue weighted by Crippen LogP contribution is 2.19. The van der Waals surface area contributed by atoms with E-state index in [0.717, 1.165) is 5.56 Å². The molecule has 2 N–H and O–H groups in total. The predicted octanol–water partition coefficient (Wildman–Crippen LogP) is 0.844. The summed E-state index contributed by atoms with van der Waals surface area (Å²) < 4.78 is 10.7. The minimum Gasteiger partial charge on any atom is -0.350 e. The van der Waals surface area contributed by atoms with Crippen LogP contribution in [0.2, 0.25) is 0 Å². The van der Waals surface area contributed by atoms with Gasteiger partial charge in [0, 0.05) is 24.9 Å². The summed E-state index contributed by atoms with van der Waals surface area (Å²) in [4.78, 5) is 3.94. The van der Waals surface area contributed by atoms with Crippen molar-refractivity contribution in [3.8, 4) is 0 Å². The van der Waals surface area contributed by atoms with Crippen LogP contribution in [-0.4, -0.2) is 24.5 Å². The lowest BCUT2D eigenvalue weighted by Gasteiger charge is -2.15. The molecule has 1 aromatic heterocycles. The Morgan fingerprint density at radius 1 is 1.36 bits per heavy atom. The maximum Gasteiger partial charge on any atom is 0.159 e. The Balaban J connectivity index is 1.92. The Bertz CT molecular complexity index is 273. The molecule has 4 heteroatoms. The van der Waals surface area contributed by atoms with Crippen molar-refractivity contribution in [1.29, 1.82) is 0 Å². The number of hydrogen-bond acceptors (Lipinski definition) is 4. The summed E-state index contributed by atoms with van der Waals surface area (Å²) >= 11 is 0. The average molecular weight is 194 g/mol. The normalized spacial score (nSPS) is 19.8. The third-order valence-electron chi connectivity index (χ3n) is 2.27. The molecule has 4 nitrogen and oxygen atoms in total. The number of hydrogen-bond donors (Lipinski definition) is 1. The zero-order valence-corrected chi connectivity index (χ0v) is 7.93. The lowest BCUT2D eigenvalue weighted by atomic mass is 10.1. The Labute approximate surface area is 83.0 Å². The Hall–Kier alpha value is -0.970.